The molecule has 0 radical (unpaired) electrons. The van der Waals surface area contributed by atoms with Gasteiger partial charge in [0.2, 0.25) is 0 Å². The zero-order valence-corrected chi connectivity index (χ0v) is 12.9. The molecule has 0 spiro atoms. The van der Waals surface area contributed by atoms with Crippen molar-refractivity contribution in [1.29, 1.82) is 0 Å². The van der Waals surface area contributed by atoms with Gasteiger partial charge in [-0.05, 0) is 19.0 Å². The molecular formula is C16H26N4O. The average molecular weight is 290 g/mol. The van der Waals surface area contributed by atoms with Gasteiger partial charge in [-0.25, -0.2) is 0 Å². The summed E-state index contributed by atoms with van der Waals surface area (Å²) in [6.45, 7) is 10.2. The van der Waals surface area contributed by atoms with Gasteiger partial charge in [0.05, 0.1) is 13.2 Å². The lowest BCUT2D eigenvalue weighted by Gasteiger charge is -2.32. The Labute approximate surface area is 127 Å². The zero-order valence-electron chi connectivity index (χ0n) is 12.9. The Kier molecular flexibility index (Phi) is 5.06. The highest BCUT2D eigenvalue weighted by Crippen LogP contribution is 2.26. The molecule has 0 saturated carbocycles. The fourth-order valence-corrected chi connectivity index (χ4v) is 3.33. The summed E-state index contributed by atoms with van der Waals surface area (Å²) in [7, 11) is 0. The highest BCUT2D eigenvalue weighted by molar-refractivity contribution is 5.53. The van der Waals surface area contributed by atoms with Crippen LogP contribution in [0, 0.1) is 0 Å². The summed E-state index contributed by atoms with van der Waals surface area (Å²) in [5, 5.41) is 3.41. The van der Waals surface area contributed by atoms with Crippen molar-refractivity contribution in [3.63, 3.8) is 0 Å². The van der Waals surface area contributed by atoms with E-state index in [1.165, 1.54) is 17.7 Å². The smallest absolute Gasteiger partial charge is 0.0594 e. The number of nitrogens with zero attached hydrogens (tertiary/aromatic N) is 3. The molecule has 21 heavy (non-hydrogen) atoms. The number of nitrogens with one attached hydrogen (secondary N) is 1. The van der Waals surface area contributed by atoms with E-state index < -0.39 is 0 Å². The maximum Gasteiger partial charge on any atom is 0.0594 e. The molecule has 0 amide bonds. The molecule has 0 aromatic carbocycles. The van der Waals surface area contributed by atoms with E-state index in [1.807, 2.05) is 12.4 Å². The lowest BCUT2D eigenvalue weighted by atomic mass is 10.2. The summed E-state index contributed by atoms with van der Waals surface area (Å²) < 4.78 is 5.46. The summed E-state index contributed by atoms with van der Waals surface area (Å²) in [6, 6.07) is 2.84. The van der Waals surface area contributed by atoms with Gasteiger partial charge in [-0.1, -0.05) is 6.92 Å². The summed E-state index contributed by atoms with van der Waals surface area (Å²) in [4.78, 5) is 9.40. The van der Waals surface area contributed by atoms with Crippen LogP contribution < -0.4 is 10.2 Å². The lowest BCUT2D eigenvalue weighted by molar-refractivity contribution is 0.0209. The summed E-state index contributed by atoms with van der Waals surface area (Å²) in [5.74, 6) is 0. The number of hydrogen-bond acceptors (Lipinski definition) is 5. The maximum atomic E-state index is 5.46. The number of ether oxygens (including phenoxy) is 1. The lowest BCUT2D eigenvalue weighted by Crippen LogP contribution is -2.44. The first-order valence-electron chi connectivity index (χ1n) is 8.09. The monoisotopic (exact) mass is 290 g/mol. The number of morpholine rings is 1. The van der Waals surface area contributed by atoms with E-state index in [0.29, 0.717) is 6.04 Å². The Morgan fingerprint density at radius 2 is 2.19 bits per heavy atom. The van der Waals surface area contributed by atoms with Crippen LogP contribution in [0.3, 0.4) is 0 Å². The Morgan fingerprint density at radius 3 is 3.00 bits per heavy atom. The minimum Gasteiger partial charge on any atom is -0.379 e. The Hall–Kier alpha value is -1.17. The summed E-state index contributed by atoms with van der Waals surface area (Å²) in [6.07, 6.45) is 5.16. The van der Waals surface area contributed by atoms with Gasteiger partial charge < -0.3 is 15.0 Å². The minimum absolute atomic E-state index is 0.675. The number of anilines is 1. The second kappa shape index (κ2) is 7.20. The first-order valence-corrected chi connectivity index (χ1v) is 8.09. The molecule has 2 aliphatic heterocycles. The molecule has 5 heteroatoms. The van der Waals surface area contributed by atoms with Crippen LogP contribution in [0.25, 0.3) is 0 Å². The van der Waals surface area contributed by atoms with Gasteiger partial charge in [0.15, 0.2) is 0 Å². The van der Waals surface area contributed by atoms with Crippen LogP contribution in [0.5, 0.6) is 0 Å². The Morgan fingerprint density at radius 1 is 1.33 bits per heavy atom. The normalized spacial score (nSPS) is 23.7. The first-order chi connectivity index (χ1) is 10.4. The van der Waals surface area contributed by atoms with Crippen LogP contribution in [0.4, 0.5) is 5.69 Å². The van der Waals surface area contributed by atoms with Gasteiger partial charge in [-0.3, -0.25) is 9.88 Å². The van der Waals surface area contributed by atoms with Crippen molar-refractivity contribution in [2.75, 3.05) is 50.8 Å². The standard InChI is InChI=1S/C16H26N4O/c1-2-17-11-14-12-18-5-3-16(14)20-6-4-15(13-20)19-7-9-21-10-8-19/h3,5,12,15,17H,2,4,6-11,13H2,1H3. The van der Waals surface area contributed by atoms with Crippen molar-refractivity contribution in [1.82, 2.24) is 15.2 Å². The summed E-state index contributed by atoms with van der Waals surface area (Å²) >= 11 is 0. The van der Waals surface area contributed by atoms with Gasteiger partial charge in [0.1, 0.15) is 0 Å². The van der Waals surface area contributed by atoms with E-state index in [4.69, 9.17) is 4.74 Å². The van der Waals surface area contributed by atoms with Crippen molar-refractivity contribution in [3.8, 4) is 0 Å². The molecule has 2 aliphatic rings. The third kappa shape index (κ3) is 3.54. The molecule has 3 heterocycles. The molecule has 1 aromatic heterocycles. The molecule has 5 nitrogen and oxygen atoms in total. The maximum absolute atomic E-state index is 5.46. The number of hydrogen-bond donors (Lipinski definition) is 1. The quantitative estimate of drug-likeness (QED) is 0.879. The SMILES string of the molecule is CCNCc1cnccc1N1CCC(N2CCOCC2)C1. The topological polar surface area (TPSA) is 40.6 Å². The fraction of sp³-hybridized carbons (Fsp3) is 0.688. The minimum atomic E-state index is 0.675. The van der Waals surface area contributed by atoms with Crippen LogP contribution in [-0.2, 0) is 11.3 Å². The highest BCUT2D eigenvalue weighted by atomic mass is 16.5. The van der Waals surface area contributed by atoms with Crippen molar-refractivity contribution in [2.24, 2.45) is 0 Å². The van der Waals surface area contributed by atoms with Crippen LogP contribution in [0.2, 0.25) is 0 Å². The molecule has 1 N–H and O–H groups in total. The second-order valence-electron chi connectivity index (χ2n) is 5.82. The third-order valence-corrected chi connectivity index (χ3v) is 4.51. The van der Waals surface area contributed by atoms with Crippen molar-refractivity contribution in [2.45, 2.75) is 25.9 Å². The number of pyridine rings is 1. The van der Waals surface area contributed by atoms with E-state index in [0.717, 1.165) is 52.5 Å². The highest BCUT2D eigenvalue weighted by Gasteiger charge is 2.29. The van der Waals surface area contributed by atoms with Gasteiger partial charge in [-0.2, -0.15) is 0 Å². The van der Waals surface area contributed by atoms with Gasteiger partial charge in [0, 0.05) is 62.4 Å². The van der Waals surface area contributed by atoms with Gasteiger partial charge in [-0.15, -0.1) is 0 Å². The molecule has 0 aliphatic carbocycles. The molecule has 116 valence electrons. The van der Waals surface area contributed by atoms with Crippen molar-refractivity contribution in [3.05, 3.63) is 24.0 Å². The average Bonchev–Trinajstić information content (AvgIpc) is 3.04. The molecule has 1 aromatic rings. The van der Waals surface area contributed by atoms with E-state index in [9.17, 15) is 0 Å². The van der Waals surface area contributed by atoms with Crippen LogP contribution >= 0.6 is 0 Å². The van der Waals surface area contributed by atoms with Gasteiger partial charge >= 0.3 is 0 Å². The van der Waals surface area contributed by atoms with E-state index in [-0.39, 0.29) is 0 Å². The van der Waals surface area contributed by atoms with E-state index >= 15 is 0 Å². The predicted octanol–water partition coefficient (Wildman–Crippen LogP) is 1.10. The van der Waals surface area contributed by atoms with Crippen LogP contribution in [0.15, 0.2) is 18.5 Å². The Balaban J connectivity index is 1.65. The fourth-order valence-electron chi connectivity index (χ4n) is 3.33. The van der Waals surface area contributed by atoms with Crippen molar-refractivity contribution < 1.29 is 4.74 Å². The largest absolute Gasteiger partial charge is 0.379 e. The number of rotatable bonds is 5. The zero-order chi connectivity index (χ0) is 14.5. The number of aromatic nitrogens is 1. The van der Waals surface area contributed by atoms with Crippen LogP contribution in [-0.4, -0.2) is 61.9 Å². The predicted molar refractivity (Wildman–Crippen MR) is 84.6 cm³/mol. The molecule has 1 unspecified atom stereocenters. The summed E-state index contributed by atoms with van der Waals surface area (Å²) in [5.41, 5.74) is 2.66. The molecular weight excluding hydrogens is 264 g/mol. The third-order valence-electron chi connectivity index (χ3n) is 4.51. The van der Waals surface area contributed by atoms with E-state index in [1.54, 1.807) is 0 Å². The van der Waals surface area contributed by atoms with E-state index in [2.05, 4.69) is 33.1 Å². The molecule has 0 bridgehead atoms. The molecule has 3 rings (SSSR count). The van der Waals surface area contributed by atoms with Gasteiger partial charge in [0.25, 0.3) is 0 Å². The van der Waals surface area contributed by atoms with Crippen molar-refractivity contribution >= 4 is 5.69 Å². The van der Waals surface area contributed by atoms with Crippen LogP contribution in [0.1, 0.15) is 18.9 Å². The molecule has 2 fully saturated rings. The molecule has 2 saturated heterocycles. The Bertz CT molecular complexity index is 448. The second-order valence-corrected chi connectivity index (χ2v) is 5.82. The first kappa shape index (κ1) is 14.8. The molecule has 1 atom stereocenters.